The summed E-state index contributed by atoms with van der Waals surface area (Å²) in [6.07, 6.45) is 3.16. The van der Waals surface area contributed by atoms with Gasteiger partial charge in [-0.05, 0) is 61.9 Å². The smallest absolute Gasteiger partial charge is 0.256 e. The molecule has 2 saturated heterocycles. The first kappa shape index (κ1) is 25.3. The number of β-amino-alcohol motifs (C(OH)–C–C–N with tert-alkyl or cyclic N) is 1. The number of nitrogens with one attached hydrogen (secondary N) is 1. The number of aliphatic hydroxyl groups is 1. The standard InChI is InChI=1S/C30H38N4O4/c1-2-32-12-13-33(17-28(35)26-14-20-6-3-4-7-22(20)16-31-26)30(37)25-11-10-21(15-27(25)32)29(36)34-23-8-5-9-24(34)19-38-18-23/h3-4,6-7,10-11,15,23-24,26,28,31,35H,2,5,8-9,12-14,16-19H2,1H3. The lowest BCUT2D eigenvalue weighted by atomic mass is 9.92. The van der Waals surface area contributed by atoms with Gasteiger partial charge in [-0.15, -0.1) is 0 Å². The van der Waals surface area contributed by atoms with E-state index in [2.05, 4.69) is 29.3 Å². The summed E-state index contributed by atoms with van der Waals surface area (Å²) in [6, 6.07) is 14.0. The number of likely N-dealkylation sites (N-methyl/N-ethyl adjacent to an activating group) is 1. The van der Waals surface area contributed by atoms with Gasteiger partial charge in [0.25, 0.3) is 11.8 Å². The number of fused-ring (bicyclic) bond motifs is 4. The molecule has 0 saturated carbocycles. The normalized spacial score (nSPS) is 25.9. The average Bonchev–Trinajstić information content (AvgIpc) is 3.07. The Bertz CT molecular complexity index is 1180. The van der Waals surface area contributed by atoms with Crippen LogP contribution in [0.2, 0.25) is 0 Å². The van der Waals surface area contributed by atoms with Crippen LogP contribution in [0.4, 0.5) is 5.69 Å². The van der Waals surface area contributed by atoms with Crippen LogP contribution in [0.5, 0.6) is 0 Å². The maximum Gasteiger partial charge on any atom is 0.256 e. The Morgan fingerprint density at radius 3 is 2.58 bits per heavy atom. The van der Waals surface area contributed by atoms with Gasteiger partial charge in [-0.2, -0.15) is 0 Å². The van der Waals surface area contributed by atoms with E-state index in [0.29, 0.717) is 37.4 Å². The summed E-state index contributed by atoms with van der Waals surface area (Å²) in [7, 11) is 0. The Kier molecular flexibility index (Phi) is 7.12. The van der Waals surface area contributed by atoms with E-state index < -0.39 is 6.10 Å². The van der Waals surface area contributed by atoms with E-state index in [-0.39, 0.29) is 36.5 Å². The molecule has 8 nitrogen and oxygen atoms in total. The minimum absolute atomic E-state index is 0.0366. The van der Waals surface area contributed by atoms with E-state index in [0.717, 1.165) is 44.5 Å². The molecule has 0 radical (unpaired) electrons. The number of carbonyl (C=O) groups excluding carboxylic acids is 2. The number of rotatable bonds is 5. The predicted octanol–water partition coefficient (Wildman–Crippen LogP) is 2.44. The van der Waals surface area contributed by atoms with Crippen LogP contribution in [0.25, 0.3) is 0 Å². The van der Waals surface area contributed by atoms with Crippen LogP contribution in [-0.2, 0) is 17.7 Å². The van der Waals surface area contributed by atoms with Gasteiger partial charge in [0.2, 0.25) is 0 Å². The number of aliphatic hydroxyl groups excluding tert-OH is 1. The van der Waals surface area contributed by atoms with E-state index >= 15 is 0 Å². The van der Waals surface area contributed by atoms with Gasteiger partial charge in [0.15, 0.2) is 0 Å². The molecule has 0 aliphatic carbocycles. The Balaban J connectivity index is 1.20. The number of amides is 2. The highest BCUT2D eigenvalue weighted by Gasteiger charge is 2.39. The zero-order valence-corrected chi connectivity index (χ0v) is 22.1. The van der Waals surface area contributed by atoms with Crippen molar-refractivity contribution in [3.05, 3.63) is 64.7 Å². The van der Waals surface area contributed by atoms with Crippen molar-refractivity contribution in [1.82, 2.24) is 15.1 Å². The lowest BCUT2D eigenvalue weighted by Crippen LogP contribution is -2.57. The van der Waals surface area contributed by atoms with Gasteiger partial charge in [0.1, 0.15) is 0 Å². The quantitative estimate of drug-likeness (QED) is 0.633. The molecule has 4 aliphatic rings. The Morgan fingerprint density at radius 2 is 1.82 bits per heavy atom. The molecule has 2 fully saturated rings. The second-order valence-electron chi connectivity index (χ2n) is 11.1. The molecule has 6 rings (SSSR count). The Hall–Kier alpha value is -2.94. The summed E-state index contributed by atoms with van der Waals surface area (Å²) in [6.45, 7) is 6.19. The molecule has 4 unspecified atom stereocenters. The molecule has 4 heterocycles. The molecule has 2 aromatic carbocycles. The van der Waals surface area contributed by atoms with E-state index in [9.17, 15) is 14.7 Å². The van der Waals surface area contributed by atoms with Crippen LogP contribution in [0.1, 0.15) is 58.0 Å². The molecule has 2 N–H and O–H groups in total. The molecule has 202 valence electrons. The zero-order valence-electron chi connectivity index (χ0n) is 22.1. The monoisotopic (exact) mass is 518 g/mol. The molecule has 38 heavy (non-hydrogen) atoms. The van der Waals surface area contributed by atoms with Gasteiger partial charge in [-0.1, -0.05) is 24.3 Å². The summed E-state index contributed by atoms with van der Waals surface area (Å²) < 4.78 is 5.74. The summed E-state index contributed by atoms with van der Waals surface area (Å²) in [5.41, 5.74) is 4.55. The maximum absolute atomic E-state index is 13.7. The molecular formula is C30H38N4O4. The number of piperidine rings is 1. The van der Waals surface area contributed by atoms with Crippen molar-refractivity contribution in [3.8, 4) is 0 Å². The summed E-state index contributed by atoms with van der Waals surface area (Å²) in [4.78, 5) is 33.3. The predicted molar refractivity (Wildman–Crippen MR) is 145 cm³/mol. The number of hydrogen-bond acceptors (Lipinski definition) is 6. The number of morpholine rings is 1. The van der Waals surface area contributed by atoms with Gasteiger partial charge >= 0.3 is 0 Å². The summed E-state index contributed by atoms with van der Waals surface area (Å²) in [5, 5.41) is 14.6. The first-order chi connectivity index (χ1) is 18.5. The highest BCUT2D eigenvalue weighted by Crippen LogP contribution is 2.32. The van der Waals surface area contributed by atoms with E-state index in [1.807, 2.05) is 29.2 Å². The fraction of sp³-hybridized carbons (Fsp3) is 0.533. The van der Waals surface area contributed by atoms with E-state index in [1.54, 1.807) is 11.0 Å². The lowest BCUT2D eigenvalue weighted by molar-refractivity contribution is -0.0565. The maximum atomic E-state index is 13.7. The average molecular weight is 519 g/mol. The van der Waals surface area contributed by atoms with Crippen LogP contribution in [0, 0.1) is 0 Å². The summed E-state index contributed by atoms with van der Waals surface area (Å²) >= 11 is 0. The van der Waals surface area contributed by atoms with E-state index in [4.69, 9.17) is 4.74 Å². The molecule has 2 bridgehead atoms. The minimum Gasteiger partial charge on any atom is -0.390 e. The second kappa shape index (κ2) is 10.7. The third-order valence-electron chi connectivity index (χ3n) is 8.83. The zero-order chi connectivity index (χ0) is 26.2. The number of anilines is 1. The topological polar surface area (TPSA) is 85.3 Å². The van der Waals surface area contributed by atoms with Gasteiger partial charge in [-0.25, -0.2) is 0 Å². The fourth-order valence-electron chi connectivity index (χ4n) is 6.66. The minimum atomic E-state index is -0.675. The van der Waals surface area contributed by atoms with Crippen molar-refractivity contribution >= 4 is 17.5 Å². The van der Waals surface area contributed by atoms with Crippen LogP contribution in [0.3, 0.4) is 0 Å². The first-order valence-corrected chi connectivity index (χ1v) is 14.1. The molecule has 0 spiro atoms. The molecule has 0 aromatic heterocycles. The number of hydrogen-bond donors (Lipinski definition) is 2. The number of benzene rings is 2. The molecule has 2 aromatic rings. The molecular weight excluding hydrogens is 480 g/mol. The van der Waals surface area contributed by atoms with Gasteiger partial charge < -0.3 is 29.9 Å². The van der Waals surface area contributed by atoms with Crippen LogP contribution in [-0.4, -0.2) is 90.3 Å². The largest absolute Gasteiger partial charge is 0.390 e. The second-order valence-corrected chi connectivity index (χ2v) is 11.1. The Morgan fingerprint density at radius 1 is 1.08 bits per heavy atom. The van der Waals surface area contributed by atoms with Crippen molar-refractivity contribution in [2.75, 3.05) is 44.3 Å². The van der Waals surface area contributed by atoms with Gasteiger partial charge in [-0.3, -0.25) is 9.59 Å². The van der Waals surface area contributed by atoms with Crippen LogP contribution in [0.15, 0.2) is 42.5 Å². The Labute approximate surface area is 224 Å². The van der Waals surface area contributed by atoms with Crippen LogP contribution < -0.4 is 10.2 Å². The van der Waals surface area contributed by atoms with Crippen LogP contribution >= 0.6 is 0 Å². The number of nitrogens with zero attached hydrogens (tertiary/aromatic N) is 3. The van der Waals surface area contributed by atoms with Crippen molar-refractivity contribution in [2.24, 2.45) is 0 Å². The van der Waals surface area contributed by atoms with Crippen molar-refractivity contribution in [2.45, 2.75) is 63.4 Å². The third-order valence-corrected chi connectivity index (χ3v) is 8.83. The van der Waals surface area contributed by atoms with Crippen molar-refractivity contribution in [3.63, 3.8) is 0 Å². The van der Waals surface area contributed by atoms with Gasteiger partial charge in [0.05, 0.1) is 42.7 Å². The van der Waals surface area contributed by atoms with Crippen molar-refractivity contribution in [1.29, 1.82) is 0 Å². The first-order valence-electron chi connectivity index (χ1n) is 14.1. The van der Waals surface area contributed by atoms with Gasteiger partial charge in [0, 0.05) is 44.3 Å². The highest BCUT2D eigenvalue weighted by molar-refractivity contribution is 6.03. The SMILES string of the molecule is CCN1CCN(CC(O)C2Cc3ccccc3CN2)C(=O)c2ccc(C(=O)N3C4CCCC3COC4)cc21. The summed E-state index contributed by atoms with van der Waals surface area (Å²) in [5.74, 6) is -0.0528. The number of ether oxygens (including phenoxy) is 1. The molecule has 4 atom stereocenters. The molecule has 8 heteroatoms. The third kappa shape index (κ3) is 4.70. The molecule has 2 amide bonds. The number of carbonyl (C=O) groups is 2. The van der Waals surface area contributed by atoms with E-state index in [1.165, 1.54) is 11.1 Å². The highest BCUT2D eigenvalue weighted by atomic mass is 16.5. The fourth-order valence-corrected chi connectivity index (χ4v) is 6.66. The lowest BCUT2D eigenvalue weighted by Gasteiger charge is -2.45. The molecule has 4 aliphatic heterocycles. The van der Waals surface area contributed by atoms with Crippen molar-refractivity contribution < 1.29 is 19.4 Å².